The molecule has 2 rings (SSSR count). The Labute approximate surface area is 124 Å². The second-order valence-corrected chi connectivity index (χ2v) is 4.68. The fourth-order valence-electron chi connectivity index (χ4n) is 1.90. The maximum atomic E-state index is 9.57. The van der Waals surface area contributed by atoms with Crippen molar-refractivity contribution >= 4 is 0 Å². The van der Waals surface area contributed by atoms with Gasteiger partial charge in [-0.1, -0.05) is 18.2 Å². The summed E-state index contributed by atoms with van der Waals surface area (Å²) >= 11 is 0. The number of benzene rings is 2. The molecule has 4 nitrogen and oxygen atoms in total. The fraction of sp³-hybridized carbons (Fsp3) is 0.235. The second kappa shape index (κ2) is 6.78. The second-order valence-electron chi connectivity index (χ2n) is 4.68. The summed E-state index contributed by atoms with van der Waals surface area (Å²) in [7, 11) is 1.57. The minimum Gasteiger partial charge on any atom is -0.493 e. The van der Waals surface area contributed by atoms with Crippen molar-refractivity contribution in [1.29, 1.82) is 5.26 Å². The van der Waals surface area contributed by atoms with E-state index in [0.717, 1.165) is 11.1 Å². The first kappa shape index (κ1) is 14.9. The summed E-state index contributed by atoms with van der Waals surface area (Å²) in [5, 5.41) is 18.3. The van der Waals surface area contributed by atoms with Gasteiger partial charge >= 0.3 is 0 Å². The van der Waals surface area contributed by atoms with E-state index in [9.17, 15) is 5.11 Å². The molecule has 2 aromatic carbocycles. The lowest BCUT2D eigenvalue weighted by Crippen LogP contribution is -1.99. The Balaban J connectivity index is 2.10. The van der Waals surface area contributed by atoms with E-state index in [4.69, 9.17) is 14.7 Å². The van der Waals surface area contributed by atoms with Gasteiger partial charge in [0.05, 0.1) is 24.8 Å². The molecule has 0 saturated heterocycles. The summed E-state index contributed by atoms with van der Waals surface area (Å²) < 4.78 is 11.0. The molecule has 4 heteroatoms. The van der Waals surface area contributed by atoms with E-state index in [1.54, 1.807) is 44.4 Å². The van der Waals surface area contributed by atoms with Crippen LogP contribution in [-0.4, -0.2) is 12.2 Å². The minimum absolute atomic E-state index is 0.385. The largest absolute Gasteiger partial charge is 0.493 e. The lowest BCUT2D eigenvalue weighted by atomic mass is 10.1. The smallest absolute Gasteiger partial charge is 0.161 e. The van der Waals surface area contributed by atoms with Gasteiger partial charge in [-0.05, 0) is 42.3 Å². The summed E-state index contributed by atoms with van der Waals surface area (Å²) in [4.78, 5) is 0. The van der Waals surface area contributed by atoms with E-state index in [0.29, 0.717) is 23.7 Å². The van der Waals surface area contributed by atoms with Gasteiger partial charge in [0.2, 0.25) is 0 Å². The molecule has 0 spiro atoms. The molecule has 1 N–H and O–H groups in total. The van der Waals surface area contributed by atoms with Crippen LogP contribution in [0.15, 0.2) is 42.5 Å². The minimum atomic E-state index is -0.550. The SMILES string of the molecule is COc1cc([C@H](C)O)ccc1OCc1ccc(C#N)cc1. The Hall–Kier alpha value is -2.51. The normalized spacial score (nSPS) is 11.5. The van der Waals surface area contributed by atoms with Crippen molar-refractivity contribution in [2.24, 2.45) is 0 Å². The molecule has 0 unspecified atom stereocenters. The Bertz CT molecular complexity index is 642. The first-order valence-electron chi connectivity index (χ1n) is 6.62. The van der Waals surface area contributed by atoms with Crippen molar-refractivity contribution in [3.63, 3.8) is 0 Å². The maximum Gasteiger partial charge on any atom is 0.161 e. The summed E-state index contributed by atoms with van der Waals surface area (Å²) in [6.45, 7) is 2.09. The lowest BCUT2D eigenvalue weighted by Gasteiger charge is -2.13. The molecule has 0 aliphatic carbocycles. The Morgan fingerprint density at radius 2 is 1.86 bits per heavy atom. The highest BCUT2D eigenvalue weighted by Gasteiger charge is 2.09. The third kappa shape index (κ3) is 3.74. The molecule has 108 valence electrons. The summed E-state index contributed by atoms with van der Waals surface area (Å²) in [6.07, 6.45) is -0.550. The molecule has 1 atom stereocenters. The highest BCUT2D eigenvalue weighted by Crippen LogP contribution is 2.30. The number of ether oxygens (including phenoxy) is 2. The van der Waals surface area contributed by atoms with Crippen LogP contribution in [0.25, 0.3) is 0 Å². The monoisotopic (exact) mass is 283 g/mol. The molecule has 0 amide bonds. The standard InChI is InChI=1S/C17H17NO3/c1-12(19)15-7-8-16(17(9-15)20-2)21-11-14-5-3-13(10-18)4-6-14/h3-9,12,19H,11H2,1-2H3/t12-/m0/s1. The molecule has 21 heavy (non-hydrogen) atoms. The molecule has 0 radical (unpaired) electrons. The van der Waals surface area contributed by atoms with Crippen LogP contribution >= 0.6 is 0 Å². The maximum absolute atomic E-state index is 9.57. The van der Waals surface area contributed by atoms with Gasteiger partial charge < -0.3 is 14.6 Å². The van der Waals surface area contributed by atoms with E-state index in [-0.39, 0.29) is 0 Å². The Morgan fingerprint density at radius 3 is 2.43 bits per heavy atom. The molecule has 2 aromatic rings. The van der Waals surface area contributed by atoms with E-state index in [1.165, 1.54) is 0 Å². The van der Waals surface area contributed by atoms with Crippen LogP contribution in [0.5, 0.6) is 11.5 Å². The molecule has 0 aliphatic rings. The number of nitriles is 1. The van der Waals surface area contributed by atoms with Crippen LogP contribution in [0.4, 0.5) is 0 Å². The molecule has 0 bridgehead atoms. The third-order valence-electron chi connectivity index (χ3n) is 3.15. The molecule has 0 aromatic heterocycles. The van der Waals surface area contributed by atoms with E-state index >= 15 is 0 Å². The van der Waals surface area contributed by atoms with Gasteiger partial charge in [0.25, 0.3) is 0 Å². The van der Waals surface area contributed by atoms with E-state index in [1.807, 2.05) is 12.1 Å². The number of aliphatic hydroxyl groups excluding tert-OH is 1. The molecule has 0 heterocycles. The number of hydrogen-bond acceptors (Lipinski definition) is 4. The quantitative estimate of drug-likeness (QED) is 0.915. The predicted octanol–water partition coefficient (Wildman–Crippen LogP) is 3.20. The van der Waals surface area contributed by atoms with Gasteiger partial charge in [-0.3, -0.25) is 0 Å². The topological polar surface area (TPSA) is 62.5 Å². The van der Waals surface area contributed by atoms with Gasteiger partial charge in [0.15, 0.2) is 11.5 Å². The van der Waals surface area contributed by atoms with Crippen LogP contribution in [0.2, 0.25) is 0 Å². The zero-order chi connectivity index (χ0) is 15.2. The Morgan fingerprint density at radius 1 is 1.14 bits per heavy atom. The fourth-order valence-corrected chi connectivity index (χ4v) is 1.90. The number of nitrogens with zero attached hydrogens (tertiary/aromatic N) is 1. The zero-order valence-electron chi connectivity index (χ0n) is 12.0. The first-order chi connectivity index (χ1) is 10.1. The van der Waals surface area contributed by atoms with Crippen molar-refractivity contribution in [2.75, 3.05) is 7.11 Å². The summed E-state index contributed by atoms with van der Waals surface area (Å²) in [5.74, 6) is 1.20. The molecular weight excluding hydrogens is 266 g/mol. The van der Waals surface area contributed by atoms with Gasteiger partial charge in [-0.2, -0.15) is 5.26 Å². The lowest BCUT2D eigenvalue weighted by molar-refractivity contribution is 0.198. The average Bonchev–Trinajstić information content (AvgIpc) is 2.53. The number of rotatable bonds is 5. The highest BCUT2D eigenvalue weighted by atomic mass is 16.5. The number of aliphatic hydroxyl groups is 1. The summed E-state index contributed by atoms with van der Waals surface area (Å²) in [5.41, 5.74) is 2.37. The summed E-state index contributed by atoms with van der Waals surface area (Å²) in [6, 6.07) is 14.7. The van der Waals surface area contributed by atoms with Crippen molar-refractivity contribution in [3.8, 4) is 17.6 Å². The molecule has 0 fully saturated rings. The first-order valence-corrected chi connectivity index (χ1v) is 6.62. The van der Waals surface area contributed by atoms with E-state index < -0.39 is 6.10 Å². The van der Waals surface area contributed by atoms with Crippen LogP contribution in [0.1, 0.15) is 29.7 Å². The van der Waals surface area contributed by atoms with Crippen LogP contribution < -0.4 is 9.47 Å². The van der Waals surface area contributed by atoms with Crippen molar-refractivity contribution < 1.29 is 14.6 Å². The molecule has 0 aliphatic heterocycles. The molecular formula is C17H17NO3. The van der Waals surface area contributed by atoms with Crippen molar-refractivity contribution in [3.05, 3.63) is 59.2 Å². The van der Waals surface area contributed by atoms with Gasteiger partial charge in [-0.15, -0.1) is 0 Å². The van der Waals surface area contributed by atoms with Crippen LogP contribution in [-0.2, 0) is 6.61 Å². The predicted molar refractivity (Wildman–Crippen MR) is 79.1 cm³/mol. The van der Waals surface area contributed by atoms with E-state index in [2.05, 4.69) is 6.07 Å². The van der Waals surface area contributed by atoms with Gasteiger partial charge in [0.1, 0.15) is 6.61 Å². The molecule has 0 saturated carbocycles. The zero-order valence-corrected chi connectivity index (χ0v) is 12.0. The average molecular weight is 283 g/mol. The van der Waals surface area contributed by atoms with Crippen molar-refractivity contribution in [1.82, 2.24) is 0 Å². The van der Waals surface area contributed by atoms with Gasteiger partial charge in [0, 0.05) is 0 Å². The van der Waals surface area contributed by atoms with Crippen LogP contribution in [0.3, 0.4) is 0 Å². The van der Waals surface area contributed by atoms with Gasteiger partial charge in [-0.25, -0.2) is 0 Å². The third-order valence-corrected chi connectivity index (χ3v) is 3.15. The highest BCUT2D eigenvalue weighted by molar-refractivity contribution is 5.43. The van der Waals surface area contributed by atoms with Crippen molar-refractivity contribution in [2.45, 2.75) is 19.6 Å². The Kier molecular flexibility index (Phi) is 4.81. The van der Waals surface area contributed by atoms with Crippen LogP contribution in [0, 0.1) is 11.3 Å². The number of methoxy groups -OCH3 is 1. The number of hydrogen-bond donors (Lipinski definition) is 1.